The summed E-state index contributed by atoms with van der Waals surface area (Å²) >= 11 is 5.13. The molecule has 0 radical (unpaired) electrons. The highest BCUT2D eigenvalue weighted by Crippen LogP contribution is 2.08. The van der Waals surface area contributed by atoms with Crippen LogP contribution in [0.25, 0.3) is 0 Å². The predicted octanol–water partition coefficient (Wildman–Crippen LogP) is 3.13. The van der Waals surface area contributed by atoms with E-state index >= 15 is 0 Å². The van der Waals surface area contributed by atoms with Crippen molar-refractivity contribution in [2.45, 2.75) is 33.1 Å². The molecule has 0 N–H and O–H groups in total. The van der Waals surface area contributed by atoms with Crippen molar-refractivity contribution < 1.29 is 4.79 Å². The topological polar surface area (TPSA) is 17.1 Å². The summed E-state index contributed by atoms with van der Waals surface area (Å²) in [4.78, 5) is 10.3. The van der Waals surface area contributed by atoms with Crippen LogP contribution in [-0.2, 0) is 4.79 Å². The standard InChI is InChI=1S/C9H15ClO/c1-3-4-5-8(2)6-7-9(10)11/h6-8H,3-5H2,1-2H3. The minimum atomic E-state index is -0.381. The maximum atomic E-state index is 10.3. The molecule has 0 rings (SSSR count). The van der Waals surface area contributed by atoms with Crippen LogP contribution < -0.4 is 0 Å². The van der Waals surface area contributed by atoms with Gasteiger partial charge in [0.05, 0.1) is 0 Å². The molecule has 0 aromatic heterocycles. The Bertz CT molecular complexity index is 140. The molecule has 0 amide bonds. The molecular formula is C9H15ClO. The molecule has 0 aromatic carbocycles. The average molecular weight is 175 g/mol. The summed E-state index contributed by atoms with van der Waals surface area (Å²) < 4.78 is 0. The van der Waals surface area contributed by atoms with Crippen molar-refractivity contribution in [3.8, 4) is 0 Å². The van der Waals surface area contributed by atoms with E-state index in [1.807, 2.05) is 6.08 Å². The quantitative estimate of drug-likeness (QED) is 0.462. The van der Waals surface area contributed by atoms with Gasteiger partial charge < -0.3 is 0 Å². The molecule has 0 aliphatic carbocycles. The van der Waals surface area contributed by atoms with E-state index in [4.69, 9.17) is 11.6 Å². The average Bonchev–Trinajstić information content (AvgIpc) is 1.97. The Morgan fingerprint density at radius 1 is 1.64 bits per heavy atom. The lowest BCUT2D eigenvalue weighted by molar-refractivity contribution is -0.107. The molecule has 1 atom stereocenters. The lowest BCUT2D eigenvalue weighted by Gasteiger charge is -2.02. The van der Waals surface area contributed by atoms with Crippen LogP contribution in [0.5, 0.6) is 0 Å². The zero-order valence-electron chi connectivity index (χ0n) is 7.14. The molecule has 64 valence electrons. The summed E-state index contributed by atoms with van der Waals surface area (Å²) in [5.74, 6) is 0.470. The van der Waals surface area contributed by atoms with E-state index in [9.17, 15) is 4.79 Å². The van der Waals surface area contributed by atoms with E-state index in [0.717, 1.165) is 6.42 Å². The normalized spacial score (nSPS) is 13.7. The Morgan fingerprint density at radius 2 is 2.27 bits per heavy atom. The first-order chi connectivity index (χ1) is 5.16. The summed E-state index contributed by atoms with van der Waals surface area (Å²) in [7, 11) is 0. The lowest BCUT2D eigenvalue weighted by atomic mass is 10.0. The van der Waals surface area contributed by atoms with E-state index in [1.165, 1.54) is 18.9 Å². The van der Waals surface area contributed by atoms with Crippen molar-refractivity contribution in [1.29, 1.82) is 0 Å². The van der Waals surface area contributed by atoms with Crippen molar-refractivity contribution in [3.63, 3.8) is 0 Å². The fourth-order valence-electron chi connectivity index (χ4n) is 0.862. The second kappa shape index (κ2) is 6.41. The van der Waals surface area contributed by atoms with Crippen LogP contribution >= 0.6 is 11.6 Å². The van der Waals surface area contributed by atoms with E-state index in [1.54, 1.807) is 0 Å². The number of halogens is 1. The van der Waals surface area contributed by atoms with Crippen molar-refractivity contribution in [3.05, 3.63) is 12.2 Å². The highest BCUT2D eigenvalue weighted by molar-refractivity contribution is 6.66. The number of unbranched alkanes of at least 4 members (excludes halogenated alkanes) is 1. The number of hydrogen-bond acceptors (Lipinski definition) is 1. The molecule has 0 saturated heterocycles. The first kappa shape index (κ1) is 10.7. The summed E-state index contributed by atoms with van der Waals surface area (Å²) in [6.07, 6.45) is 6.85. The number of carbonyl (C=O) groups excluding carboxylic acids is 1. The number of rotatable bonds is 5. The third-order valence-corrected chi connectivity index (χ3v) is 1.69. The summed E-state index contributed by atoms with van der Waals surface area (Å²) in [6, 6.07) is 0. The molecule has 11 heavy (non-hydrogen) atoms. The molecule has 0 aliphatic rings. The van der Waals surface area contributed by atoms with Crippen LogP contribution in [0.2, 0.25) is 0 Å². The third-order valence-electron chi connectivity index (χ3n) is 1.57. The van der Waals surface area contributed by atoms with Crippen LogP contribution in [0, 0.1) is 5.92 Å². The van der Waals surface area contributed by atoms with Crippen molar-refractivity contribution in [2.24, 2.45) is 5.92 Å². The molecule has 2 heteroatoms. The second-order valence-electron chi connectivity index (χ2n) is 2.78. The summed E-state index contributed by atoms with van der Waals surface area (Å²) in [6.45, 7) is 4.25. The molecule has 0 spiro atoms. The van der Waals surface area contributed by atoms with Crippen LogP contribution in [0.4, 0.5) is 0 Å². The monoisotopic (exact) mass is 174 g/mol. The second-order valence-corrected chi connectivity index (χ2v) is 3.16. The van der Waals surface area contributed by atoms with Gasteiger partial charge in [-0.05, 0) is 30.0 Å². The van der Waals surface area contributed by atoms with Crippen LogP contribution in [0.15, 0.2) is 12.2 Å². The van der Waals surface area contributed by atoms with Crippen molar-refractivity contribution >= 4 is 16.8 Å². The highest BCUT2D eigenvalue weighted by Gasteiger charge is 1.95. The Labute approximate surface area is 73.4 Å². The van der Waals surface area contributed by atoms with Gasteiger partial charge >= 0.3 is 0 Å². The van der Waals surface area contributed by atoms with Gasteiger partial charge in [0.1, 0.15) is 0 Å². The SMILES string of the molecule is CCCCC(C)C=CC(=O)Cl. The molecule has 0 aromatic rings. The van der Waals surface area contributed by atoms with Gasteiger partial charge in [-0.15, -0.1) is 0 Å². The molecular weight excluding hydrogens is 160 g/mol. The maximum absolute atomic E-state index is 10.3. The molecule has 1 unspecified atom stereocenters. The molecule has 0 fully saturated rings. The number of allylic oxidation sites excluding steroid dienone is 2. The molecule has 0 heterocycles. The van der Waals surface area contributed by atoms with E-state index in [0.29, 0.717) is 5.92 Å². The predicted molar refractivity (Wildman–Crippen MR) is 48.7 cm³/mol. The van der Waals surface area contributed by atoms with Gasteiger partial charge in [0.25, 0.3) is 0 Å². The number of hydrogen-bond donors (Lipinski definition) is 0. The smallest absolute Gasteiger partial charge is 0.244 e. The van der Waals surface area contributed by atoms with Crippen LogP contribution in [-0.4, -0.2) is 5.24 Å². The van der Waals surface area contributed by atoms with Gasteiger partial charge in [0.2, 0.25) is 5.24 Å². The van der Waals surface area contributed by atoms with Crippen molar-refractivity contribution in [2.75, 3.05) is 0 Å². The van der Waals surface area contributed by atoms with Crippen LogP contribution in [0.1, 0.15) is 33.1 Å². The molecule has 0 bridgehead atoms. The fourth-order valence-corrected chi connectivity index (χ4v) is 0.935. The van der Waals surface area contributed by atoms with Gasteiger partial charge in [0.15, 0.2) is 0 Å². The van der Waals surface area contributed by atoms with E-state index < -0.39 is 0 Å². The Morgan fingerprint density at radius 3 is 2.73 bits per heavy atom. The van der Waals surface area contributed by atoms with Gasteiger partial charge in [-0.25, -0.2) is 0 Å². The minimum absolute atomic E-state index is 0.381. The summed E-state index contributed by atoms with van der Waals surface area (Å²) in [5, 5.41) is -0.381. The lowest BCUT2D eigenvalue weighted by Crippen LogP contribution is -1.89. The van der Waals surface area contributed by atoms with Gasteiger partial charge in [0, 0.05) is 0 Å². The summed E-state index contributed by atoms with van der Waals surface area (Å²) in [5.41, 5.74) is 0. The molecule has 1 nitrogen and oxygen atoms in total. The Hall–Kier alpha value is -0.300. The minimum Gasteiger partial charge on any atom is -0.276 e. The van der Waals surface area contributed by atoms with Gasteiger partial charge in [-0.2, -0.15) is 0 Å². The van der Waals surface area contributed by atoms with E-state index in [2.05, 4.69) is 13.8 Å². The van der Waals surface area contributed by atoms with Gasteiger partial charge in [-0.3, -0.25) is 4.79 Å². The first-order valence-electron chi connectivity index (χ1n) is 4.04. The van der Waals surface area contributed by atoms with Gasteiger partial charge in [-0.1, -0.05) is 32.8 Å². The zero-order valence-corrected chi connectivity index (χ0v) is 7.90. The third kappa shape index (κ3) is 7.60. The number of carbonyl (C=O) groups is 1. The highest BCUT2D eigenvalue weighted by atomic mass is 35.5. The molecule has 0 aliphatic heterocycles. The van der Waals surface area contributed by atoms with Crippen molar-refractivity contribution in [1.82, 2.24) is 0 Å². The first-order valence-corrected chi connectivity index (χ1v) is 4.42. The Balaban J connectivity index is 3.50. The van der Waals surface area contributed by atoms with E-state index in [-0.39, 0.29) is 5.24 Å². The fraction of sp³-hybridized carbons (Fsp3) is 0.667. The zero-order chi connectivity index (χ0) is 8.69. The largest absolute Gasteiger partial charge is 0.276 e. The molecule has 0 saturated carbocycles. The maximum Gasteiger partial charge on any atom is 0.244 e. The Kier molecular flexibility index (Phi) is 6.24. The van der Waals surface area contributed by atoms with Crippen LogP contribution in [0.3, 0.4) is 0 Å².